The van der Waals surface area contributed by atoms with Crippen LogP contribution in [-0.4, -0.2) is 69.9 Å². The van der Waals surface area contributed by atoms with Crippen LogP contribution < -0.4 is 5.32 Å². The number of sulfone groups is 1. The third-order valence-corrected chi connectivity index (χ3v) is 8.32. The van der Waals surface area contributed by atoms with E-state index in [1.807, 2.05) is 13.8 Å². The Hall–Kier alpha value is -1.49. The largest absolute Gasteiger partial charge is 0.373 e. The lowest BCUT2D eigenvalue weighted by atomic mass is 10.2. The summed E-state index contributed by atoms with van der Waals surface area (Å²) in [5.74, 6) is -0.390. The lowest BCUT2D eigenvalue weighted by molar-refractivity contribution is -0.0440. The number of hydrogen-bond donors (Lipinski definition) is 1. The topological polar surface area (TPSA) is 110 Å². The maximum Gasteiger partial charge on any atom is 0.251 e. The maximum absolute atomic E-state index is 12.8. The molecule has 0 radical (unpaired) electrons. The van der Waals surface area contributed by atoms with Gasteiger partial charge in [0, 0.05) is 24.7 Å². The van der Waals surface area contributed by atoms with Crippen molar-refractivity contribution in [3.8, 4) is 0 Å². The molecule has 2 fully saturated rings. The molecular formula is C17H24N2O6S2. The second-order valence-electron chi connectivity index (χ2n) is 7.18. The van der Waals surface area contributed by atoms with E-state index in [0.717, 1.165) is 0 Å². The molecule has 0 bridgehead atoms. The molecular weight excluding hydrogens is 392 g/mol. The molecule has 8 nitrogen and oxygen atoms in total. The van der Waals surface area contributed by atoms with Gasteiger partial charge < -0.3 is 10.1 Å². The van der Waals surface area contributed by atoms with E-state index >= 15 is 0 Å². The van der Waals surface area contributed by atoms with Crippen LogP contribution in [0.1, 0.15) is 30.6 Å². The summed E-state index contributed by atoms with van der Waals surface area (Å²) >= 11 is 0. The first-order chi connectivity index (χ1) is 12.6. The van der Waals surface area contributed by atoms with Crippen LogP contribution in [-0.2, 0) is 24.6 Å². The quantitative estimate of drug-likeness (QED) is 0.761. The number of nitrogens with one attached hydrogen (secondary N) is 1. The van der Waals surface area contributed by atoms with Gasteiger partial charge in [-0.15, -0.1) is 0 Å². The molecule has 2 aliphatic heterocycles. The standard InChI is InChI=1S/C17H24N2O6S2/c1-12-9-19(10-13(2)25-12)27(23,24)16-5-3-14(4-6-16)17(20)18-15-7-8-26(21,22)11-15/h3-6,12-13,15H,7-11H2,1-2H3,(H,18,20). The van der Waals surface area contributed by atoms with Crippen molar-refractivity contribution in [3.63, 3.8) is 0 Å². The van der Waals surface area contributed by atoms with E-state index < -0.39 is 31.8 Å². The van der Waals surface area contributed by atoms with Gasteiger partial charge >= 0.3 is 0 Å². The predicted octanol–water partition coefficient (Wildman–Crippen LogP) is 0.401. The van der Waals surface area contributed by atoms with E-state index in [1.54, 1.807) is 0 Å². The molecule has 2 heterocycles. The van der Waals surface area contributed by atoms with Gasteiger partial charge in [0.1, 0.15) is 0 Å². The van der Waals surface area contributed by atoms with E-state index in [0.29, 0.717) is 12.0 Å². The monoisotopic (exact) mass is 416 g/mol. The Labute approximate surface area is 159 Å². The maximum atomic E-state index is 12.8. The summed E-state index contributed by atoms with van der Waals surface area (Å²) in [5.41, 5.74) is 0.293. The third-order valence-electron chi connectivity index (χ3n) is 4.71. The minimum Gasteiger partial charge on any atom is -0.373 e. The van der Waals surface area contributed by atoms with Crippen LogP contribution in [0.3, 0.4) is 0 Å². The molecule has 0 spiro atoms. The van der Waals surface area contributed by atoms with Gasteiger partial charge in [-0.05, 0) is 44.5 Å². The second kappa shape index (κ2) is 7.50. The normalized spacial score (nSPS) is 28.7. The first-order valence-electron chi connectivity index (χ1n) is 8.84. The highest BCUT2D eigenvalue weighted by Crippen LogP contribution is 2.21. The van der Waals surface area contributed by atoms with E-state index in [2.05, 4.69) is 5.32 Å². The fraction of sp³-hybridized carbons (Fsp3) is 0.588. The van der Waals surface area contributed by atoms with Crippen LogP contribution in [0.2, 0.25) is 0 Å². The summed E-state index contributed by atoms with van der Waals surface area (Å²) in [4.78, 5) is 12.4. The zero-order chi connectivity index (χ0) is 19.8. The van der Waals surface area contributed by atoms with Gasteiger partial charge in [-0.3, -0.25) is 4.79 Å². The number of hydrogen-bond acceptors (Lipinski definition) is 6. The molecule has 0 aliphatic carbocycles. The number of sulfonamides is 1. The number of carbonyl (C=O) groups is 1. The fourth-order valence-electron chi connectivity index (χ4n) is 3.43. The minimum absolute atomic E-state index is 0.0569. The van der Waals surface area contributed by atoms with Crippen LogP contribution in [0.5, 0.6) is 0 Å². The zero-order valence-electron chi connectivity index (χ0n) is 15.3. The van der Waals surface area contributed by atoms with Crippen molar-refractivity contribution in [3.05, 3.63) is 29.8 Å². The van der Waals surface area contributed by atoms with Crippen LogP contribution in [0, 0.1) is 0 Å². The Morgan fingerprint density at radius 3 is 2.26 bits per heavy atom. The number of nitrogens with zero attached hydrogens (tertiary/aromatic N) is 1. The lowest BCUT2D eigenvalue weighted by Gasteiger charge is -2.34. The summed E-state index contributed by atoms with van der Waals surface area (Å²) < 4.78 is 55.6. The van der Waals surface area contributed by atoms with Crippen molar-refractivity contribution in [2.24, 2.45) is 0 Å². The highest BCUT2D eigenvalue weighted by atomic mass is 32.2. The molecule has 0 saturated carbocycles. The molecule has 2 aliphatic rings. The van der Waals surface area contributed by atoms with E-state index in [9.17, 15) is 21.6 Å². The molecule has 3 rings (SSSR count). The molecule has 3 atom stereocenters. The van der Waals surface area contributed by atoms with E-state index in [-0.39, 0.29) is 41.7 Å². The molecule has 1 amide bonds. The van der Waals surface area contributed by atoms with Gasteiger partial charge in [0.25, 0.3) is 5.91 Å². The smallest absolute Gasteiger partial charge is 0.251 e. The molecule has 27 heavy (non-hydrogen) atoms. The molecule has 3 unspecified atom stereocenters. The van der Waals surface area contributed by atoms with Crippen LogP contribution in [0.25, 0.3) is 0 Å². The molecule has 0 aromatic heterocycles. The Morgan fingerprint density at radius 1 is 1.15 bits per heavy atom. The number of amides is 1. The van der Waals surface area contributed by atoms with Crippen LogP contribution in [0.4, 0.5) is 0 Å². The van der Waals surface area contributed by atoms with E-state index in [4.69, 9.17) is 4.74 Å². The van der Waals surface area contributed by atoms with E-state index in [1.165, 1.54) is 28.6 Å². The summed E-state index contributed by atoms with van der Waals surface area (Å²) in [5, 5.41) is 2.69. The first-order valence-corrected chi connectivity index (χ1v) is 12.1. The number of benzene rings is 1. The van der Waals surface area contributed by atoms with Gasteiger partial charge in [0.2, 0.25) is 10.0 Å². The first kappa shape index (κ1) is 20.2. The van der Waals surface area contributed by atoms with Crippen LogP contribution >= 0.6 is 0 Å². The molecule has 1 aromatic carbocycles. The van der Waals surface area contributed by atoms with Gasteiger partial charge in [0.15, 0.2) is 9.84 Å². The van der Waals surface area contributed by atoms with Crippen LogP contribution in [0.15, 0.2) is 29.2 Å². The van der Waals surface area contributed by atoms with Crippen molar-refractivity contribution in [1.82, 2.24) is 9.62 Å². The van der Waals surface area contributed by atoms with Crippen molar-refractivity contribution >= 4 is 25.8 Å². The second-order valence-corrected chi connectivity index (χ2v) is 11.3. The van der Waals surface area contributed by atoms with Gasteiger partial charge in [-0.2, -0.15) is 4.31 Å². The Balaban J connectivity index is 1.70. The van der Waals surface area contributed by atoms with Gasteiger partial charge in [-0.1, -0.05) is 0 Å². The molecule has 2 saturated heterocycles. The summed E-state index contributed by atoms with van der Waals surface area (Å²) in [6.07, 6.45) is 0.0287. The minimum atomic E-state index is -3.67. The van der Waals surface area contributed by atoms with Crippen molar-refractivity contribution in [1.29, 1.82) is 0 Å². The fourth-order valence-corrected chi connectivity index (χ4v) is 6.70. The molecule has 10 heteroatoms. The SMILES string of the molecule is CC1CN(S(=O)(=O)c2ccc(C(=O)NC3CCS(=O)(=O)C3)cc2)CC(C)O1. The molecule has 150 valence electrons. The highest BCUT2D eigenvalue weighted by Gasteiger charge is 2.32. The third kappa shape index (κ3) is 4.68. The average molecular weight is 417 g/mol. The molecule has 1 aromatic rings. The number of carbonyl (C=O) groups excluding carboxylic acids is 1. The Morgan fingerprint density at radius 2 is 1.74 bits per heavy atom. The van der Waals surface area contributed by atoms with Crippen molar-refractivity contribution in [2.45, 2.75) is 43.4 Å². The lowest BCUT2D eigenvalue weighted by Crippen LogP contribution is -2.48. The average Bonchev–Trinajstić information content (AvgIpc) is 2.92. The van der Waals surface area contributed by atoms with Gasteiger partial charge in [-0.25, -0.2) is 16.8 Å². The Kier molecular flexibility index (Phi) is 5.62. The summed E-state index contributed by atoms with van der Waals surface area (Å²) in [6, 6.07) is 5.29. The van der Waals surface area contributed by atoms with Crippen molar-refractivity contribution in [2.75, 3.05) is 24.6 Å². The predicted molar refractivity (Wildman–Crippen MR) is 99.7 cm³/mol. The zero-order valence-corrected chi connectivity index (χ0v) is 16.9. The summed E-state index contributed by atoms with van der Waals surface area (Å²) in [6.45, 7) is 4.22. The van der Waals surface area contributed by atoms with Gasteiger partial charge in [0.05, 0.1) is 28.6 Å². The van der Waals surface area contributed by atoms with Crippen molar-refractivity contribution < 1.29 is 26.4 Å². The summed E-state index contributed by atoms with van der Waals surface area (Å²) in [7, 11) is -6.75. The number of rotatable bonds is 4. The molecule has 1 N–H and O–H groups in total. The Bertz CT molecular complexity index is 901. The number of morpholine rings is 1. The highest BCUT2D eigenvalue weighted by molar-refractivity contribution is 7.91. The number of ether oxygens (including phenoxy) is 1.